The summed E-state index contributed by atoms with van der Waals surface area (Å²) in [5.41, 5.74) is 0. The van der Waals surface area contributed by atoms with Crippen LogP contribution >= 0.6 is 11.8 Å². The van der Waals surface area contributed by atoms with Crippen molar-refractivity contribution in [2.75, 3.05) is 37.7 Å². The highest BCUT2D eigenvalue weighted by atomic mass is 32.2. The lowest BCUT2D eigenvalue weighted by Crippen LogP contribution is -2.35. The maximum Gasteiger partial charge on any atom is 0.0194 e. The largest absolute Gasteiger partial charge is 0.316 e. The third-order valence-corrected chi connectivity index (χ3v) is 4.98. The van der Waals surface area contributed by atoms with Crippen molar-refractivity contribution in [2.45, 2.75) is 12.5 Å². The molecule has 3 atom stereocenters. The monoisotopic (exact) mass is 198 g/mol. The van der Waals surface area contributed by atoms with Gasteiger partial charge in [0, 0.05) is 24.9 Å². The highest BCUT2D eigenvalue weighted by molar-refractivity contribution is 7.99. The summed E-state index contributed by atoms with van der Waals surface area (Å²) < 4.78 is 0. The Labute approximate surface area is 84.4 Å². The Balaban J connectivity index is 1.62. The Kier molecular flexibility index (Phi) is 2.27. The number of nitrogens with zero attached hydrogens (tertiary/aromatic N) is 1. The number of hydrogen-bond acceptors (Lipinski definition) is 3. The highest BCUT2D eigenvalue weighted by Gasteiger charge is 2.39. The molecule has 0 bridgehead atoms. The molecule has 0 radical (unpaired) electrons. The highest BCUT2D eigenvalue weighted by Crippen LogP contribution is 2.32. The van der Waals surface area contributed by atoms with Crippen molar-refractivity contribution in [3.8, 4) is 0 Å². The molecule has 3 heterocycles. The van der Waals surface area contributed by atoms with Gasteiger partial charge < -0.3 is 5.32 Å². The molecule has 0 amide bonds. The molecule has 2 nitrogen and oxygen atoms in total. The number of rotatable bonds is 1. The molecule has 0 aromatic carbocycles. The summed E-state index contributed by atoms with van der Waals surface area (Å²) in [6.07, 6.45) is 1.44. The van der Waals surface area contributed by atoms with Gasteiger partial charge >= 0.3 is 0 Å². The maximum atomic E-state index is 3.50. The van der Waals surface area contributed by atoms with Crippen molar-refractivity contribution < 1.29 is 0 Å². The van der Waals surface area contributed by atoms with Gasteiger partial charge in [-0.3, -0.25) is 4.90 Å². The number of likely N-dealkylation sites (tertiary alicyclic amines) is 1. The lowest BCUT2D eigenvalue weighted by molar-refractivity contribution is 0.245. The van der Waals surface area contributed by atoms with Gasteiger partial charge in [-0.15, -0.1) is 0 Å². The van der Waals surface area contributed by atoms with Crippen LogP contribution in [0.25, 0.3) is 0 Å². The van der Waals surface area contributed by atoms with Crippen LogP contribution in [0.1, 0.15) is 6.42 Å². The molecule has 0 aliphatic carbocycles. The summed E-state index contributed by atoms with van der Waals surface area (Å²) in [4.78, 5) is 2.76. The third kappa shape index (κ3) is 1.51. The second-order valence-corrected chi connectivity index (χ2v) is 5.80. The molecule has 3 aliphatic heterocycles. The number of nitrogens with one attached hydrogen (secondary N) is 1. The van der Waals surface area contributed by atoms with Gasteiger partial charge in [0.15, 0.2) is 0 Å². The van der Waals surface area contributed by atoms with Crippen LogP contribution in [0, 0.1) is 11.8 Å². The normalized spacial score (nSPS) is 45.7. The Bertz CT molecular complexity index is 179. The molecule has 13 heavy (non-hydrogen) atoms. The molecule has 0 saturated carbocycles. The van der Waals surface area contributed by atoms with Crippen LogP contribution in [0.15, 0.2) is 0 Å². The molecule has 1 unspecified atom stereocenters. The van der Waals surface area contributed by atoms with E-state index < -0.39 is 0 Å². The summed E-state index contributed by atoms with van der Waals surface area (Å²) in [5.74, 6) is 4.75. The number of thioether (sulfide) groups is 1. The summed E-state index contributed by atoms with van der Waals surface area (Å²) in [5, 5.41) is 3.50. The Morgan fingerprint density at radius 1 is 1.15 bits per heavy atom. The number of hydrogen-bond donors (Lipinski definition) is 1. The topological polar surface area (TPSA) is 15.3 Å². The van der Waals surface area contributed by atoms with Crippen molar-refractivity contribution in [3.05, 3.63) is 0 Å². The molecule has 0 spiro atoms. The van der Waals surface area contributed by atoms with E-state index >= 15 is 0 Å². The zero-order valence-electron chi connectivity index (χ0n) is 8.04. The van der Waals surface area contributed by atoms with Crippen LogP contribution in [0.3, 0.4) is 0 Å². The molecule has 3 heteroatoms. The van der Waals surface area contributed by atoms with Crippen molar-refractivity contribution in [1.29, 1.82) is 0 Å². The maximum absolute atomic E-state index is 3.50. The summed E-state index contributed by atoms with van der Waals surface area (Å²) in [6, 6.07) is 0.926. The molecule has 3 saturated heterocycles. The first kappa shape index (κ1) is 8.57. The van der Waals surface area contributed by atoms with E-state index in [1.54, 1.807) is 0 Å². The van der Waals surface area contributed by atoms with Gasteiger partial charge in [-0.05, 0) is 37.1 Å². The van der Waals surface area contributed by atoms with Gasteiger partial charge in [-0.25, -0.2) is 0 Å². The fraction of sp³-hybridized carbons (Fsp3) is 1.00. The molecule has 3 fully saturated rings. The van der Waals surface area contributed by atoms with Gasteiger partial charge in [0.25, 0.3) is 0 Å². The second kappa shape index (κ2) is 3.44. The van der Waals surface area contributed by atoms with Crippen LogP contribution in [0.2, 0.25) is 0 Å². The fourth-order valence-corrected chi connectivity index (χ4v) is 4.25. The molecule has 74 valence electrons. The Morgan fingerprint density at radius 3 is 2.54 bits per heavy atom. The predicted octanol–water partition coefficient (Wildman–Crippen LogP) is 0.643. The molecular formula is C10H18N2S. The van der Waals surface area contributed by atoms with Crippen LogP contribution in [-0.2, 0) is 0 Å². The first-order chi connectivity index (χ1) is 6.43. The molecule has 0 aromatic rings. The standard InChI is InChI=1S/C10H18N2S/c1-2-13-7-10(1)12-5-8-3-11-4-9(8)6-12/h8-11H,1-7H2/t8-,9+,10?. The van der Waals surface area contributed by atoms with Crippen molar-refractivity contribution in [1.82, 2.24) is 10.2 Å². The predicted molar refractivity (Wildman–Crippen MR) is 57.2 cm³/mol. The van der Waals surface area contributed by atoms with Crippen LogP contribution in [-0.4, -0.2) is 48.6 Å². The van der Waals surface area contributed by atoms with Gasteiger partial charge in [0.05, 0.1) is 0 Å². The zero-order chi connectivity index (χ0) is 8.67. The van der Waals surface area contributed by atoms with Crippen molar-refractivity contribution in [3.63, 3.8) is 0 Å². The van der Waals surface area contributed by atoms with E-state index in [2.05, 4.69) is 22.0 Å². The molecule has 0 aromatic heterocycles. The van der Waals surface area contributed by atoms with Gasteiger partial charge in [0.1, 0.15) is 0 Å². The average molecular weight is 198 g/mol. The van der Waals surface area contributed by atoms with Crippen molar-refractivity contribution in [2.24, 2.45) is 11.8 Å². The van der Waals surface area contributed by atoms with Crippen LogP contribution < -0.4 is 5.32 Å². The second-order valence-electron chi connectivity index (χ2n) is 4.65. The minimum absolute atomic E-state index is 0.926. The van der Waals surface area contributed by atoms with Gasteiger partial charge in [0.2, 0.25) is 0 Å². The van der Waals surface area contributed by atoms with Crippen LogP contribution in [0.5, 0.6) is 0 Å². The zero-order valence-corrected chi connectivity index (χ0v) is 8.85. The fourth-order valence-electron chi connectivity index (χ4n) is 3.00. The summed E-state index contributed by atoms with van der Waals surface area (Å²) >= 11 is 2.14. The lowest BCUT2D eigenvalue weighted by atomic mass is 10.0. The minimum Gasteiger partial charge on any atom is -0.316 e. The van der Waals surface area contributed by atoms with E-state index in [1.165, 1.54) is 44.1 Å². The molecular weight excluding hydrogens is 180 g/mol. The van der Waals surface area contributed by atoms with Crippen molar-refractivity contribution >= 4 is 11.8 Å². The molecule has 3 rings (SSSR count). The quantitative estimate of drug-likeness (QED) is 0.666. The van der Waals surface area contributed by atoms with E-state index in [0.717, 1.165) is 17.9 Å². The Morgan fingerprint density at radius 2 is 1.92 bits per heavy atom. The van der Waals surface area contributed by atoms with E-state index in [9.17, 15) is 0 Å². The van der Waals surface area contributed by atoms with E-state index in [-0.39, 0.29) is 0 Å². The average Bonchev–Trinajstić information content (AvgIpc) is 2.78. The van der Waals surface area contributed by atoms with Gasteiger partial charge in [-0.1, -0.05) is 0 Å². The lowest BCUT2D eigenvalue weighted by Gasteiger charge is -2.23. The first-order valence-electron chi connectivity index (χ1n) is 5.46. The van der Waals surface area contributed by atoms with E-state index in [4.69, 9.17) is 0 Å². The van der Waals surface area contributed by atoms with Crippen LogP contribution in [0.4, 0.5) is 0 Å². The van der Waals surface area contributed by atoms with E-state index in [0.29, 0.717) is 0 Å². The Hall–Kier alpha value is 0.270. The smallest absolute Gasteiger partial charge is 0.0194 e. The number of fused-ring (bicyclic) bond motifs is 1. The molecule has 1 N–H and O–H groups in total. The third-order valence-electron chi connectivity index (χ3n) is 3.84. The minimum atomic E-state index is 0.926. The summed E-state index contributed by atoms with van der Waals surface area (Å²) in [6.45, 7) is 5.31. The SMILES string of the molecule is C1CC(N2C[C@H]3CNC[C@H]3C2)CS1. The van der Waals surface area contributed by atoms with Gasteiger partial charge in [-0.2, -0.15) is 11.8 Å². The first-order valence-corrected chi connectivity index (χ1v) is 6.61. The summed E-state index contributed by atoms with van der Waals surface area (Å²) in [7, 11) is 0. The molecule has 3 aliphatic rings. The van der Waals surface area contributed by atoms with E-state index in [1.807, 2.05) is 0 Å².